The minimum absolute atomic E-state index is 0.278. The molecule has 0 fully saturated rings. The molecule has 3 heterocycles. The number of aromatic nitrogens is 3. The number of rotatable bonds is 6. The Morgan fingerprint density at radius 2 is 0.455 bits per heavy atom. The van der Waals surface area contributed by atoms with E-state index in [1.807, 2.05) is 0 Å². The minimum atomic E-state index is 0.278. The summed E-state index contributed by atoms with van der Waals surface area (Å²) < 4.78 is 7.12. The van der Waals surface area contributed by atoms with Crippen molar-refractivity contribution in [2.45, 2.75) is 119 Å². The number of pyridine rings is 3. The number of hydrogen-bond acceptors (Lipinski definition) is 0. The van der Waals surface area contributed by atoms with Gasteiger partial charge in [0.15, 0.2) is 0 Å². The summed E-state index contributed by atoms with van der Waals surface area (Å²) in [5.74, 6) is 1.78. The monoisotopic (exact) mass is 1580 g/mol. The van der Waals surface area contributed by atoms with Crippen molar-refractivity contribution in [3.8, 4) is 67.2 Å². The van der Waals surface area contributed by atoms with Crippen molar-refractivity contribution < 1.29 is 13.7 Å². The number of fused-ring (bicyclic) bond motifs is 3. The summed E-state index contributed by atoms with van der Waals surface area (Å²) in [5, 5.41) is 3.88. The number of hydrogen-bond donors (Lipinski definition) is 0. The van der Waals surface area contributed by atoms with E-state index in [0.717, 1.165) is 0 Å². The van der Waals surface area contributed by atoms with Crippen molar-refractivity contribution in [1.29, 1.82) is 0 Å². The molecule has 9 aliphatic carbocycles. The summed E-state index contributed by atoms with van der Waals surface area (Å²) in [6.07, 6.45) is 0. The van der Waals surface area contributed by atoms with Crippen molar-refractivity contribution >= 4 is 32.7 Å². The Kier molecular flexibility index (Phi) is 17.8. The Morgan fingerprint density at radius 3 is 0.805 bits per heavy atom. The Morgan fingerprint density at radius 1 is 0.179 bits per heavy atom. The highest BCUT2D eigenvalue weighted by atomic mass is 14.9. The molecule has 594 valence electrons. The fourth-order valence-corrected chi connectivity index (χ4v) is 23.6. The van der Waals surface area contributed by atoms with Gasteiger partial charge in [-0.1, -0.05) is 241 Å². The van der Waals surface area contributed by atoms with E-state index in [1.54, 1.807) is 0 Å². The van der Waals surface area contributed by atoms with Gasteiger partial charge in [0.2, 0.25) is 33.6 Å². The molecule has 0 radical (unpaired) electrons. The van der Waals surface area contributed by atoms with Crippen LogP contribution >= 0.6 is 0 Å². The van der Waals surface area contributed by atoms with Gasteiger partial charge in [-0.25, -0.2) is 0 Å². The summed E-state index contributed by atoms with van der Waals surface area (Å²) in [5.41, 5.74) is 62.0. The molecule has 15 aromatic carbocycles. The van der Waals surface area contributed by atoms with E-state index in [2.05, 4.69) is 427 Å². The minimum Gasteiger partial charge on any atom is -0.194 e. The molecule has 27 rings (SSSR count). The number of benzene rings is 15. The molecule has 0 aliphatic heterocycles. The second-order valence-corrected chi connectivity index (χ2v) is 36.6. The van der Waals surface area contributed by atoms with Crippen molar-refractivity contribution in [3.05, 3.63) is 476 Å². The quantitative estimate of drug-likeness (QED) is 0.147. The molecule has 0 amide bonds. The van der Waals surface area contributed by atoms with Crippen LogP contribution in [0.25, 0.3) is 99.9 Å². The fraction of sp³-hybridized carbons (Fsp3) is 0.175. The maximum atomic E-state index is 2.51. The van der Waals surface area contributed by atoms with Gasteiger partial charge in [-0.2, -0.15) is 13.7 Å². The van der Waals surface area contributed by atoms with E-state index in [0.29, 0.717) is 17.8 Å². The first kappa shape index (κ1) is 75.7. The number of nitrogens with zero attached hydrogens (tertiary/aromatic N) is 3. The van der Waals surface area contributed by atoms with Crippen LogP contribution in [0.2, 0.25) is 0 Å². The summed E-state index contributed by atoms with van der Waals surface area (Å²) in [6, 6.07) is 118. The molecule has 2 atom stereocenters. The topological polar surface area (TPSA) is 11.6 Å². The van der Waals surface area contributed by atoms with Crippen LogP contribution in [0.4, 0.5) is 0 Å². The van der Waals surface area contributed by atoms with Crippen molar-refractivity contribution in [3.63, 3.8) is 0 Å². The van der Waals surface area contributed by atoms with Crippen LogP contribution in [0.5, 0.6) is 0 Å². The van der Waals surface area contributed by atoms with Gasteiger partial charge in [-0.3, -0.25) is 0 Å². The Balaban J connectivity index is 0.000000110. The highest BCUT2D eigenvalue weighted by molar-refractivity contribution is 5.98. The van der Waals surface area contributed by atoms with Crippen LogP contribution in [0.1, 0.15) is 202 Å². The molecule has 0 N–H and O–H groups in total. The third-order valence-corrected chi connectivity index (χ3v) is 29.5. The Hall–Kier alpha value is -13.5. The van der Waals surface area contributed by atoms with E-state index in [1.165, 1.54) is 267 Å². The summed E-state index contributed by atoms with van der Waals surface area (Å²) in [6.45, 7) is 26.8. The summed E-state index contributed by atoms with van der Waals surface area (Å²) in [4.78, 5) is 0. The SMILES string of the molecule is Cc1cc(C)c(C)c(-c2ccc3c(-c4cc(C)c5c(c4)C4c6ccccc6C5c5cc(C)ccc54)cccc3[n+]2C)c1.Cc1cc(C)c(C)c(-c2ccc3c(-c4cc(C)c5c(c4)C4c6ccccc6C5c5ccccc54)cccc3[n+]2C)c1.Cc1cc(C)c(C)c(-c2ccc3c(-c4ccc5c(c4)C4c6ccccc6C5c5ccccc54)cccc3[n+]2C)c1. The normalized spacial score (nSPS) is 16.4. The Labute approximate surface area is 724 Å². The second kappa shape index (κ2) is 28.9. The van der Waals surface area contributed by atoms with Gasteiger partial charge >= 0.3 is 0 Å². The predicted molar refractivity (Wildman–Crippen MR) is 509 cm³/mol. The first-order chi connectivity index (χ1) is 59.7. The lowest BCUT2D eigenvalue weighted by molar-refractivity contribution is -0.633. The van der Waals surface area contributed by atoms with E-state index in [9.17, 15) is 0 Å². The first-order valence-corrected chi connectivity index (χ1v) is 44.2. The Bertz CT molecular complexity index is 7510. The lowest BCUT2D eigenvalue weighted by atomic mass is 9.60. The molecule has 3 aromatic heterocycles. The average molecular weight is 1590 g/mol. The van der Waals surface area contributed by atoms with E-state index < -0.39 is 0 Å². The molecule has 2 unspecified atom stereocenters. The van der Waals surface area contributed by atoms with Gasteiger partial charge in [0.05, 0.1) is 16.2 Å². The molecule has 0 saturated heterocycles. The smallest absolute Gasteiger partial charge is 0.194 e. The highest BCUT2D eigenvalue weighted by Gasteiger charge is 2.46. The third kappa shape index (κ3) is 11.7. The molecule has 18 aromatic rings. The van der Waals surface area contributed by atoms with Crippen LogP contribution in [-0.2, 0) is 21.1 Å². The molecule has 9 aliphatic rings. The molecule has 0 saturated carbocycles. The van der Waals surface area contributed by atoms with Crippen LogP contribution in [0, 0.1) is 83.1 Å². The summed E-state index contributed by atoms with van der Waals surface area (Å²) >= 11 is 0. The van der Waals surface area contributed by atoms with Crippen LogP contribution < -0.4 is 13.7 Å². The molecule has 123 heavy (non-hydrogen) atoms. The lowest BCUT2D eigenvalue weighted by Gasteiger charge is -2.43. The van der Waals surface area contributed by atoms with Crippen LogP contribution in [-0.4, -0.2) is 0 Å². The van der Waals surface area contributed by atoms with Gasteiger partial charge in [0.1, 0.15) is 21.1 Å². The van der Waals surface area contributed by atoms with Gasteiger partial charge < -0.3 is 0 Å². The predicted octanol–water partition coefficient (Wildman–Crippen LogP) is 27.7. The lowest BCUT2D eigenvalue weighted by Crippen LogP contribution is -2.32. The third-order valence-electron chi connectivity index (χ3n) is 29.5. The maximum Gasteiger partial charge on any atom is 0.213 e. The highest BCUT2D eigenvalue weighted by Crippen LogP contribution is 2.61. The largest absolute Gasteiger partial charge is 0.213 e. The van der Waals surface area contributed by atoms with Gasteiger partial charge in [-0.15, -0.1) is 0 Å². The zero-order valence-corrected chi connectivity index (χ0v) is 73.3. The standard InChI is InChI=1S/C41H36N.C40H34N.C39H32N/c1-23-14-15-33-35(19-23)41-32-11-8-7-10-31(32)40(33)36-22-28(21-26(4)39(36)41)29-12-9-13-37-30(29)16-17-38(42(37)6)34-20-24(2)18-25(3)27(34)5;1-23-19-24(2)26(4)34(20-23)37-18-17-29-28(15-10-16-36(29)41(37)5)27-21-25(3)38-35(22-27)39-30-11-6-8-13-32(30)40(38)33-14-9-7-12-31(33)39;1-23-20-24(2)25(3)34(21-23)37-19-18-28-27(14-9-15-36(28)40(37)4)26-16-17-33-35(22-26)39-31-12-7-5-10-29(31)38(33)30-11-6-8-13-32(30)39/h7-22,40-41H,1-6H3;6-22,39-40H,1-5H3;5-22,38-39H,1-4H3/q3*+1. The molecular formula is C120H102N3+3. The van der Waals surface area contributed by atoms with Crippen molar-refractivity contribution in [1.82, 2.24) is 0 Å². The van der Waals surface area contributed by atoms with E-state index >= 15 is 0 Å². The van der Waals surface area contributed by atoms with Gasteiger partial charge in [-0.05, 0) is 316 Å². The van der Waals surface area contributed by atoms with Crippen LogP contribution in [0.15, 0.2) is 309 Å². The van der Waals surface area contributed by atoms with Crippen molar-refractivity contribution in [2.75, 3.05) is 0 Å². The maximum absolute atomic E-state index is 2.51. The van der Waals surface area contributed by atoms with Gasteiger partial charge in [0.25, 0.3) is 0 Å². The van der Waals surface area contributed by atoms with Crippen LogP contribution in [0.3, 0.4) is 0 Å². The molecule has 3 nitrogen and oxygen atoms in total. The van der Waals surface area contributed by atoms with E-state index in [4.69, 9.17) is 0 Å². The molecule has 6 bridgehead atoms. The zero-order chi connectivity index (χ0) is 84.0. The molecule has 0 spiro atoms. The van der Waals surface area contributed by atoms with E-state index in [-0.39, 0.29) is 17.8 Å². The molecule has 3 heteroatoms. The number of aryl methyl sites for hydroxylation is 12. The van der Waals surface area contributed by atoms with Gasteiger partial charge in [0, 0.05) is 88.6 Å². The average Bonchev–Trinajstić information content (AvgIpc) is 0.701. The summed E-state index contributed by atoms with van der Waals surface area (Å²) in [7, 11) is 6.63. The first-order valence-electron chi connectivity index (χ1n) is 44.2. The second-order valence-electron chi connectivity index (χ2n) is 36.6. The zero-order valence-electron chi connectivity index (χ0n) is 73.3. The fourth-order valence-electron chi connectivity index (χ4n) is 23.6. The molecular weight excluding hydrogens is 1480 g/mol. The van der Waals surface area contributed by atoms with Crippen molar-refractivity contribution in [2.24, 2.45) is 21.1 Å².